The summed E-state index contributed by atoms with van der Waals surface area (Å²) in [5.74, 6) is 1.64. The number of para-hydroxylation sites is 2. The van der Waals surface area contributed by atoms with Crippen molar-refractivity contribution in [3.05, 3.63) is 60.7 Å². The minimum Gasteiger partial charge on any atom is -0.395 e. The van der Waals surface area contributed by atoms with Gasteiger partial charge in [-0.25, -0.2) is 4.57 Å². The van der Waals surface area contributed by atoms with E-state index in [4.69, 9.17) is 13.6 Å². The van der Waals surface area contributed by atoms with Crippen LogP contribution in [0.25, 0.3) is 0 Å². The molecular formula is C19H23O4P. The van der Waals surface area contributed by atoms with E-state index in [0.717, 1.165) is 25.7 Å². The SMILES string of the molecule is CC1CCC(OP(=O)(Oc2ccccc2)Oc2ccccc2)CC1. The summed E-state index contributed by atoms with van der Waals surface area (Å²) < 4.78 is 30.4. The predicted molar refractivity (Wildman–Crippen MR) is 94.3 cm³/mol. The second-order valence-corrected chi connectivity index (χ2v) is 7.71. The predicted octanol–water partition coefficient (Wildman–Crippen LogP) is 5.85. The van der Waals surface area contributed by atoms with Gasteiger partial charge in [-0.05, 0) is 55.9 Å². The summed E-state index contributed by atoms with van der Waals surface area (Å²) in [4.78, 5) is 0. The largest absolute Gasteiger partial charge is 0.587 e. The van der Waals surface area contributed by atoms with E-state index in [2.05, 4.69) is 6.92 Å². The van der Waals surface area contributed by atoms with Crippen molar-refractivity contribution in [3.63, 3.8) is 0 Å². The van der Waals surface area contributed by atoms with E-state index in [1.807, 2.05) is 36.4 Å². The molecule has 5 heteroatoms. The van der Waals surface area contributed by atoms with E-state index in [9.17, 15) is 4.57 Å². The Morgan fingerprint density at radius 3 is 1.71 bits per heavy atom. The summed E-state index contributed by atoms with van der Waals surface area (Å²) in [6.07, 6.45) is 3.80. The van der Waals surface area contributed by atoms with Gasteiger partial charge in [-0.15, -0.1) is 0 Å². The molecule has 2 aromatic rings. The smallest absolute Gasteiger partial charge is 0.395 e. The van der Waals surface area contributed by atoms with Crippen molar-refractivity contribution < 1.29 is 18.1 Å². The molecule has 2 aromatic carbocycles. The van der Waals surface area contributed by atoms with Gasteiger partial charge in [0.05, 0.1) is 6.10 Å². The Balaban J connectivity index is 1.76. The molecule has 0 N–H and O–H groups in total. The number of phosphoric acid groups is 1. The van der Waals surface area contributed by atoms with Crippen LogP contribution in [0.3, 0.4) is 0 Å². The van der Waals surface area contributed by atoms with Crippen LogP contribution in [-0.2, 0) is 9.09 Å². The van der Waals surface area contributed by atoms with Crippen molar-refractivity contribution in [3.8, 4) is 11.5 Å². The Kier molecular flexibility index (Phi) is 5.60. The quantitative estimate of drug-likeness (QED) is 0.616. The molecule has 0 unspecified atom stereocenters. The van der Waals surface area contributed by atoms with Crippen LogP contribution in [0.5, 0.6) is 11.5 Å². The van der Waals surface area contributed by atoms with Crippen molar-refractivity contribution in [2.24, 2.45) is 5.92 Å². The van der Waals surface area contributed by atoms with Gasteiger partial charge in [-0.1, -0.05) is 43.3 Å². The first kappa shape index (κ1) is 17.1. The lowest BCUT2D eigenvalue weighted by Crippen LogP contribution is -2.21. The van der Waals surface area contributed by atoms with Crippen LogP contribution in [0, 0.1) is 5.92 Å². The van der Waals surface area contributed by atoms with E-state index in [0.29, 0.717) is 17.4 Å². The second-order valence-electron chi connectivity index (χ2n) is 6.24. The highest BCUT2D eigenvalue weighted by molar-refractivity contribution is 7.49. The minimum absolute atomic E-state index is 0.0977. The zero-order valence-corrected chi connectivity index (χ0v) is 14.7. The van der Waals surface area contributed by atoms with Gasteiger partial charge in [-0.2, -0.15) is 0 Å². The molecule has 0 bridgehead atoms. The molecule has 4 nitrogen and oxygen atoms in total. The Labute approximate surface area is 143 Å². The maximum absolute atomic E-state index is 13.2. The fourth-order valence-corrected chi connectivity index (χ4v) is 4.26. The second kappa shape index (κ2) is 7.87. The van der Waals surface area contributed by atoms with Crippen molar-refractivity contribution in [1.82, 2.24) is 0 Å². The maximum atomic E-state index is 13.2. The molecule has 1 fully saturated rings. The van der Waals surface area contributed by atoms with Gasteiger partial charge in [0.1, 0.15) is 11.5 Å². The highest BCUT2D eigenvalue weighted by Gasteiger charge is 2.35. The monoisotopic (exact) mass is 346 g/mol. The number of hydrogen-bond acceptors (Lipinski definition) is 4. The molecule has 3 rings (SSSR count). The van der Waals surface area contributed by atoms with Crippen LogP contribution < -0.4 is 9.05 Å². The molecular weight excluding hydrogens is 323 g/mol. The fourth-order valence-electron chi connectivity index (χ4n) is 2.80. The number of benzene rings is 2. The third-order valence-corrected chi connectivity index (χ3v) is 5.59. The third-order valence-electron chi connectivity index (χ3n) is 4.16. The molecule has 0 saturated heterocycles. The number of phosphoric ester groups is 1. The average Bonchev–Trinajstić information content (AvgIpc) is 2.58. The average molecular weight is 346 g/mol. The molecule has 0 heterocycles. The summed E-state index contributed by atoms with van der Waals surface area (Å²) in [5, 5.41) is 0. The standard InChI is InChI=1S/C19H23O4P/c1-16-12-14-19(15-13-16)23-24(20,21-17-8-4-2-5-9-17)22-18-10-6-3-7-11-18/h2-11,16,19H,12-15H2,1H3. The first-order valence-electron chi connectivity index (χ1n) is 8.41. The van der Waals surface area contributed by atoms with E-state index in [-0.39, 0.29) is 6.10 Å². The zero-order chi connectivity index (χ0) is 16.8. The Hall–Kier alpha value is -1.77. The summed E-state index contributed by atoms with van der Waals surface area (Å²) >= 11 is 0. The Morgan fingerprint density at radius 2 is 1.25 bits per heavy atom. The molecule has 0 aromatic heterocycles. The van der Waals surface area contributed by atoms with Gasteiger partial charge < -0.3 is 9.05 Å². The normalized spacial score (nSPS) is 21.2. The fraction of sp³-hybridized carbons (Fsp3) is 0.368. The molecule has 1 aliphatic rings. The minimum atomic E-state index is -3.75. The van der Waals surface area contributed by atoms with E-state index < -0.39 is 7.82 Å². The molecule has 0 amide bonds. The Bertz CT molecular complexity index is 621. The van der Waals surface area contributed by atoms with Crippen LogP contribution in [0.15, 0.2) is 60.7 Å². The number of rotatable bonds is 6. The van der Waals surface area contributed by atoms with E-state index >= 15 is 0 Å². The molecule has 1 saturated carbocycles. The van der Waals surface area contributed by atoms with Gasteiger partial charge in [0.2, 0.25) is 0 Å². The number of hydrogen-bond donors (Lipinski definition) is 0. The lowest BCUT2D eigenvalue weighted by atomic mass is 9.89. The molecule has 0 atom stereocenters. The van der Waals surface area contributed by atoms with Crippen LogP contribution >= 0.6 is 7.82 Å². The van der Waals surface area contributed by atoms with Crippen molar-refractivity contribution >= 4 is 7.82 Å². The lowest BCUT2D eigenvalue weighted by Gasteiger charge is -2.29. The van der Waals surface area contributed by atoms with Crippen LogP contribution in [0.4, 0.5) is 0 Å². The van der Waals surface area contributed by atoms with Crippen LogP contribution in [-0.4, -0.2) is 6.10 Å². The Morgan fingerprint density at radius 1 is 0.792 bits per heavy atom. The molecule has 128 valence electrons. The zero-order valence-electron chi connectivity index (χ0n) is 13.8. The third kappa shape index (κ3) is 4.86. The van der Waals surface area contributed by atoms with E-state index in [1.54, 1.807) is 24.3 Å². The van der Waals surface area contributed by atoms with Gasteiger partial charge in [0.25, 0.3) is 0 Å². The summed E-state index contributed by atoms with van der Waals surface area (Å²) in [6.45, 7) is 2.23. The maximum Gasteiger partial charge on any atom is 0.587 e. The van der Waals surface area contributed by atoms with E-state index in [1.165, 1.54) is 0 Å². The highest BCUT2D eigenvalue weighted by Crippen LogP contribution is 2.52. The summed E-state index contributed by atoms with van der Waals surface area (Å²) in [6, 6.07) is 18.0. The first-order chi connectivity index (χ1) is 11.6. The van der Waals surface area contributed by atoms with Crippen molar-refractivity contribution in [2.75, 3.05) is 0 Å². The van der Waals surface area contributed by atoms with Crippen molar-refractivity contribution in [1.29, 1.82) is 0 Å². The summed E-state index contributed by atoms with van der Waals surface area (Å²) in [5.41, 5.74) is 0. The molecule has 24 heavy (non-hydrogen) atoms. The van der Waals surface area contributed by atoms with Gasteiger partial charge in [-0.3, -0.25) is 4.52 Å². The topological polar surface area (TPSA) is 44.8 Å². The van der Waals surface area contributed by atoms with Gasteiger partial charge in [0, 0.05) is 0 Å². The molecule has 0 aliphatic heterocycles. The summed E-state index contributed by atoms with van der Waals surface area (Å²) in [7, 11) is -3.75. The van der Waals surface area contributed by atoms with Gasteiger partial charge >= 0.3 is 7.82 Å². The van der Waals surface area contributed by atoms with Crippen molar-refractivity contribution in [2.45, 2.75) is 38.7 Å². The van der Waals surface area contributed by atoms with Crippen LogP contribution in [0.2, 0.25) is 0 Å². The molecule has 1 aliphatic carbocycles. The lowest BCUT2D eigenvalue weighted by molar-refractivity contribution is 0.0988. The molecule has 0 radical (unpaired) electrons. The van der Waals surface area contributed by atoms with Crippen LogP contribution in [0.1, 0.15) is 32.6 Å². The van der Waals surface area contributed by atoms with Gasteiger partial charge in [0.15, 0.2) is 0 Å². The molecule has 0 spiro atoms. The highest BCUT2D eigenvalue weighted by atomic mass is 31.2. The first-order valence-corrected chi connectivity index (χ1v) is 9.87.